The van der Waals surface area contributed by atoms with Gasteiger partial charge in [-0.2, -0.15) is 0 Å². The maximum Gasteiger partial charge on any atom is 0.0547 e. The first-order valence-electron chi connectivity index (χ1n) is 23.0. The molecule has 0 fully saturated rings. The molecule has 0 N–H and O–H groups in total. The minimum absolute atomic E-state index is 0.353. The van der Waals surface area contributed by atoms with Crippen LogP contribution in [0.3, 0.4) is 0 Å². The highest BCUT2D eigenvalue weighted by Gasteiger charge is 2.21. The van der Waals surface area contributed by atoms with Gasteiger partial charge in [0.05, 0.1) is 11.0 Å². The minimum atomic E-state index is 0.353. The second-order valence-electron chi connectivity index (χ2n) is 17.6. The van der Waals surface area contributed by atoms with E-state index in [0.717, 1.165) is 29.2 Å². The Morgan fingerprint density at radius 2 is 1.02 bits per heavy atom. The summed E-state index contributed by atoms with van der Waals surface area (Å²) in [6.07, 6.45) is 8.09. The highest BCUT2D eigenvalue weighted by atomic mass is 15.1. The van der Waals surface area contributed by atoms with E-state index in [0.29, 0.717) is 5.92 Å². The van der Waals surface area contributed by atoms with Crippen LogP contribution >= 0.6 is 0 Å². The lowest BCUT2D eigenvalue weighted by atomic mass is 9.86. The van der Waals surface area contributed by atoms with E-state index in [1.165, 1.54) is 92.7 Å². The lowest BCUT2D eigenvalue weighted by molar-refractivity contribution is 0.865. The molecule has 11 aromatic carbocycles. The number of anilines is 3. The maximum atomic E-state index is 2.43. The van der Waals surface area contributed by atoms with Crippen molar-refractivity contribution in [2.45, 2.75) is 12.3 Å². The molecular formula is C64H44N2. The summed E-state index contributed by atoms with van der Waals surface area (Å²) in [5, 5.41) is 12.7. The summed E-state index contributed by atoms with van der Waals surface area (Å²) in [7, 11) is 0. The first-order chi connectivity index (χ1) is 32.7. The normalized spacial score (nSPS) is 13.9. The van der Waals surface area contributed by atoms with Gasteiger partial charge < -0.3 is 9.47 Å². The summed E-state index contributed by atoms with van der Waals surface area (Å²) in [4.78, 5) is 2.42. The van der Waals surface area contributed by atoms with Crippen molar-refractivity contribution in [3.63, 3.8) is 0 Å². The van der Waals surface area contributed by atoms with Gasteiger partial charge in [-0.25, -0.2) is 0 Å². The Kier molecular flexibility index (Phi) is 9.02. The zero-order valence-corrected chi connectivity index (χ0v) is 36.4. The number of allylic oxidation sites excluding steroid dienone is 4. The number of fused-ring (bicyclic) bond motifs is 9. The van der Waals surface area contributed by atoms with E-state index in [-0.39, 0.29) is 0 Å². The Bertz CT molecular complexity index is 3900. The molecular weight excluding hydrogens is 797 g/mol. The van der Waals surface area contributed by atoms with E-state index in [4.69, 9.17) is 0 Å². The fourth-order valence-electron chi connectivity index (χ4n) is 10.8. The number of nitrogens with zero attached hydrogens (tertiary/aromatic N) is 2. The highest BCUT2D eigenvalue weighted by Crippen LogP contribution is 2.45. The van der Waals surface area contributed by atoms with Gasteiger partial charge in [0.25, 0.3) is 0 Å². The largest absolute Gasteiger partial charge is 0.310 e. The van der Waals surface area contributed by atoms with E-state index in [2.05, 4.69) is 258 Å². The molecule has 1 aliphatic carbocycles. The van der Waals surface area contributed by atoms with Crippen molar-refractivity contribution in [3.8, 4) is 16.8 Å². The van der Waals surface area contributed by atoms with Crippen LogP contribution in [0.1, 0.15) is 23.5 Å². The minimum Gasteiger partial charge on any atom is -0.310 e. The van der Waals surface area contributed by atoms with Gasteiger partial charge in [0, 0.05) is 39.4 Å². The van der Waals surface area contributed by atoms with Crippen LogP contribution < -0.4 is 4.90 Å². The van der Waals surface area contributed by atoms with Gasteiger partial charge in [-0.3, -0.25) is 0 Å². The molecule has 0 aliphatic heterocycles. The second kappa shape index (κ2) is 15.7. The Hall–Kier alpha value is -8.46. The monoisotopic (exact) mass is 840 g/mol. The fraction of sp³-hybridized carbons (Fsp3) is 0.0312. The lowest BCUT2D eigenvalue weighted by Gasteiger charge is -2.27. The van der Waals surface area contributed by atoms with Crippen molar-refractivity contribution in [1.82, 2.24) is 4.57 Å². The Balaban J connectivity index is 0.939. The van der Waals surface area contributed by atoms with E-state index >= 15 is 0 Å². The third-order valence-corrected chi connectivity index (χ3v) is 13.9. The van der Waals surface area contributed by atoms with E-state index in [9.17, 15) is 0 Å². The molecule has 1 heterocycles. The number of rotatable bonds is 7. The summed E-state index contributed by atoms with van der Waals surface area (Å²) >= 11 is 0. The molecule has 1 aliphatic rings. The highest BCUT2D eigenvalue weighted by molar-refractivity contribution is 6.25. The van der Waals surface area contributed by atoms with Crippen LogP contribution in [-0.2, 0) is 0 Å². The topological polar surface area (TPSA) is 8.17 Å². The van der Waals surface area contributed by atoms with Crippen molar-refractivity contribution < 1.29 is 0 Å². The van der Waals surface area contributed by atoms with Gasteiger partial charge in [-0.1, -0.05) is 188 Å². The molecule has 0 spiro atoms. The van der Waals surface area contributed by atoms with Gasteiger partial charge in [0.1, 0.15) is 0 Å². The smallest absolute Gasteiger partial charge is 0.0547 e. The molecule has 0 bridgehead atoms. The zero-order valence-electron chi connectivity index (χ0n) is 36.4. The van der Waals surface area contributed by atoms with Crippen LogP contribution in [0.25, 0.3) is 87.3 Å². The van der Waals surface area contributed by atoms with Crippen molar-refractivity contribution >= 4 is 87.5 Å². The second-order valence-corrected chi connectivity index (χ2v) is 17.6. The molecule has 66 heavy (non-hydrogen) atoms. The third kappa shape index (κ3) is 6.33. The van der Waals surface area contributed by atoms with Gasteiger partial charge in [0.2, 0.25) is 0 Å². The molecule has 1 atom stereocenters. The van der Waals surface area contributed by atoms with Gasteiger partial charge in [-0.15, -0.1) is 0 Å². The maximum absolute atomic E-state index is 2.43. The summed E-state index contributed by atoms with van der Waals surface area (Å²) in [6, 6.07) is 84.7. The SMILES string of the molecule is C1=CC(c2cccc3ccccc23)CC=C1c1ccc(N(c2cccc(-c3cccc4c3c3c5ccccc5ccc3n4-c3ccccc3)c2)c2ccc3c(ccc4ccccc43)c2)cc1. The first-order valence-corrected chi connectivity index (χ1v) is 23.0. The standard InChI is InChI=1S/C64H44N2/c1-2-18-51(19-3-1)66-61-26-12-25-60(64(61)63-59-23-9-6-15-47(59)35-40-62(63)66)49-17-10-20-53(41-49)65(54-38-39-58-50(42-54)32-31-46-14-5-8-22-56(46)58)52-36-33-44(34-37-52)43-27-29-48(30-28-43)57-24-11-16-45-13-4-7-21-55(45)57/h1-29,31-42,48H,30H2. The van der Waals surface area contributed by atoms with E-state index in [1.54, 1.807) is 0 Å². The predicted molar refractivity (Wildman–Crippen MR) is 282 cm³/mol. The number of para-hydroxylation sites is 1. The average Bonchev–Trinajstić information content (AvgIpc) is 3.74. The van der Waals surface area contributed by atoms with Crippen LogP contribution in [0.5, 0.6) is 0 Å². The van der Waals surface area contributed by atoms with Crippen molar-refractivity contribution in [2.75, 3.05) is 4.90 Å². The quantitative estimate of drug-likeness (QED) is 0.145. The predicted octanol–water partition coefficient (Wildman–Crippen LogP) is 17.7. The van der Waals surface area contributed by atoms with Crippen molar-refractivity contribution in [1.29, 1.82) is 0 Å². The third-order valence-electron chi connectivity index (χ3n) is 13.9. The molecule has 0 saturated carbocycles. The Morgan fingerprint density at radius 3 is 1.83 bits per heavy atom. The molecule has 0 saturated heterocycles. The van der Waals surface area contributed by atoms with Crippen LogP contribution in [0.4, 0.5) is 17.1 Å². The number of hydrogen-bond donors (Lipinski definition) is 0. The molecule has 1 aromatic heterocycles. The van der Waals surface area contributed by atoms with Crippen LogP contribution in [0.2, 0.25) is 0 Å². The molecule has 0 radical (unpaired) electrons. The number of hydrogen-bond acceptors (Lipinski definition) is 1. The van der Waals surface area contributed by atoms with Crippen LogP contribution in [-0.4, -0.2) is 4.57 Å². The average molecular weight is 841 g/mol. The molecule has 12 aromatic rings. The fourth-order valence-corrected chi connectivity index (χ4v) is 10.8. The summed E-state index contributed by atoms with van der Waals surface area (Å²) in [6.45, 7) is 0. The summed E-state index contributed by atoms with van der Waals surface area (Å²) < 4.78 is 2.43. The Labute approximate surface area is 384 Å². The lowest BCUT2D eigenvalue weighted by Crippen LogP contribution is -2.10. The first kappa shape index (κ1) is 38.0. The Morgan fingerprint density at radius 1 is 0.394 bits per heavy atom. The van der Waals surface area contributed by atoms with Gasteiger partial charge in [-0.05, 0) is 138 Å². The molecule has 13 rings (SSSR count). The van der Waals surface area contributed by atoms with Crippen molar-refractivity contribution in [3.05, 3.63) is 260 Å². The van der Waals surface area contributed by atoms with Crippen molar-refractivity contribution in [2.24, 2.45) is 0 Å². The van der Waals surface area contributed by atoms with Gasteiger partial charge >= 0.3 is 0 Å². The van der Waals surface area contributed by atoms with E-state index in [1.807, 2.05) is 0 Å². The summed E-state index contributed by atoms with van der Waals surface area (Å²) in [5.41, 5.74) is 13.1. The molecule has 0 amide bonds. The molecule has 310 valence electrons. The molecule has 2 heteroatoms. The zero-order chi connectivity index (χ0) is 43.6. The van der Waals surface area contributed by atoms with Crippen LogP contribution in [0, 0.1) is 0 Å². The number of benzene rings is 11. The number of aromatic nitrogens is 1. The molecule has 1 unspecified atom stereocenters. The molecule has 2 nitrogen and oxygen atoms in total. The summed E-state index contributed by atoms with van der Waals surface area (Å²) in [5.74, 6) is 0.353. The van der Waals surface area contributed by atoms with E-state index < -0.39 is 0 Å². The van der Waals surface area contributed by atoms with Crippen LogP contribution in [0.15, 0.2) is 249 Å². The van der Waals surface area contributed by atoms with Gasteiger partial charge in [0.15, 0.2) is 0 Å².